The number of hydrogen-bond donors (Lipinski definition) is 1. The van der Waals surface area contributed by atoms with Gasteiger partial charge in [0.25, 0.3) is 5.91 Å². The van der Waals surface area contributed by atoms with Gasteiger partial charge in [0, 0.05) is 10.6 Å². The lowest BCUT2D eigenvalue weighted by Gasteiger charge is -2.22. The molecule has 3 rings (SSSR count). The first-order valence-electron chi connectivity index (χ1n) is 5.73. The Labute approximate surface area is 114 Å². The largest absolute Gasteiger partial charge is 0.309 e. The summed E-state index contributed by atoms with van der Waals surface area (Å²) in [5.74, 6) is -1.14. The maximum absolute atomic E-state index is 12.3. The molecular weight excluding hydrogens is 266 g/mol. The second-order valence-corrected chi connectivity index (χ2v) is 4.84. The number of rotatable bonds is 1. The highest BCUT2D eigenvalue weighted by Gasteiger charge is 2.36. The zero-order chi connectivity index (χ0) is 13.6. The fraction of sp³-hybridized carbons (Fsp3) is 0.154. The summed E-state index contributed by atoms with van der Waals surface area (Å²) in [4.78, 5) is 24.4. The van der Waals surface area contributed by atoms with Crippen molar-refractivity contribution in [2.24, 2.45) is 0 Å². The maximum Gasteiger partial charge on any atom is 0.265 e. The van der Waals surface area contributed by atoms with E-state index in [0.29, 0.717) is 16.4 Å². The molecule has 0 spiro atoms. The number of fused-ring (bicyclic) bond motifs is 1. The van der Waals surface area contributed by atoms with Gasteiger partial charge >= 0.3 is 0 Å². The van der Waals surface area contributed by atoms with Gasteiger partial charge in [0.05, 0.1) is 6.20 Å². The van der Waals surface area contributed by atoms with E-state index in [9.17, 15) is 9.59 Å². The van der Waals surface area contributed by atoms with Gasteiger partial charge < -0.3 is 5.32 Å². The molecule has 1 aromatic carbocycles. The Morgan fingerprint density at radius 3 is 2.63 bits per heavy atom. The van der Waals surface area contributed by atoms with Gasteiger partial charge in [-0.2, -0.15) is 9.78 Å². The molecule has 0 saturated heterocycles. The number of hydrogen-bond acceptors (Lipinski definition) is 3. The molecule has 0 aliphatic carbocycles. The minimum atomic E-state index is -0.885. The first kappa shape index (κ1) is 11.9. The maximum atomic E-state index is 12.3. The van der Waals surface area contributed by atoms with E-state index >= 15 is 0 Å². The van der Waals surface area contributed by atoms with Crippen molar-refractivity contribution < 1.29 is 9.59 Å². The summed E-state index contributed by atoms with van der Waals surface area (Å²) >= 11 is 5.80. The van der Waals surface area contributed by atoms with Crippen LogP contribution in [0.3, 0.4) is 0 Å². The average molecular weight is 276 g/mol. The van der Waals surface area contributed by atoms with Crippen LogP contribution in [0.4, 0.5) is 5.82 Å². The Bertz CT molecular complexity index is 676. The molecule has 5 nitrogen and oxygen atoms in total. The molecule has 1 aliphatic rings. The van der Waals surface area contributed by atoms with Crippen molar-refractivity contribution in [1.29, 1.82) is 0 Å². The second-order valence-electron chi connectivity index (χ2n) is 4.40. The minimum Gasteiger partial charge on any atom is -0.309 e. The number of carbonyl (C=O) groups is 2. The second kappa shape index (κ2) is 4.20. The van der Waals surface area contributed by atoms with Crippen molar-refractivity contribution in [3.05, 3.63) is 46.6 Å². The fourth-order valence-electron chi connectivity index (χ4n) is 2.12. The van der Waals surface area contributed by atoms with Gasteiger partial charge in [-0.25, -0.2) is 0 Å². The van der Waals surface area contributed by atoms with Gasteiger partial charge in [-0.1, -0.05) is 23.7 Å². The lowest BCUT2D eigenvalue weighted by atomic mass is 9.96. The molecule has 1 amide bonds. The van der Waals surface area contributed by atoms with Crippen LogP contribution in [0.25, 0.3) is 0 Å². The Morgan fingerprint density at radius 2 is 1.95 bits per heavy atom. The van der Waals surface area contributed by atoms with Crippen LogP contribution in [0.15, 0.2) is 30.5 Å². The molecule has 96 valence electrons. The Hall–Kier alpha value is -2.14. The van der Waals surface area contributed by atoms with Crippen LogP contribution >= 0.6 is 11.6 Å². The van der Waals surface area contributed by atoms with E-state index < -0.39 is 5.92 Å². The molecule has 2 aromatic rings. The van der Waals surface area contributed by atoms with Gasteiger partial charge in [-0.05, 0) is 24.6 Å². The number of aromatic nitrogens is 2. The van der Waals surface area contributed by atoms with Crippen LogP contribution < -0.4 is 5.32 Å². The Kier molecular flexibility index (Phi) is 2.64. The van der Waals surface area contributed by atoms with Gasteiger partial charge in [0.15, 0.2) is 0 Å². The number of amides is 1. The van der Waals surface area contributed by atoms with Crippen LogP contribution in [-0.2, 0) is 4.79 Å². The van der Waals surface area contributed by atoms with Crippen LogP contribution in [-0.4, -0.2) is 21.6 Å². The first-order chi connectivity index (χ1) is 9.08. The summed E-state index contributed by atoms with van der Waals surface area (Å²) in [6, 6.07) is 6.65. The summed E-state index contributed by atoms with van der Waals surface area (Å²) < 4.78 is 1.23. The molecule has 0 radical (unpaired) electrons. The number of carbonyl (C=O) groups excluding carboxylic acids is 2. The summed E-state index contributed by atoms with van der Waals surface area (Å²) in [7, 11) is 0. The highest BCUT2D eigenvalue weighted by molar-refractivity contribution is 6.30. The molecule has 0 bridgehead atoms. The van der Waals surface area contributed by atoms with Crippen LogP contribution in [0.1, 0.15) is 21.8 Å². The number of nitrogens with zero attached hydrogens (tertiary/aromatic N) is 2. The molecule has 1 unspecified atom stereocenters. The van der Waals surface area contributed by atoms with Crippen LogP contribution in [0, 0.1) is 6.92 Å². The third-order valence-electron chi connectivity index (χ3n) is 3.12. The van der Waals surface area contributed by atoms with Crippen LogP contribution in [0.2, 0.25) is 5.02 Å². The highest BCUT2D eigenvalue weighted by atomic mass is 35.5. The third-order valence-corrected chi connectivity index (χ3v) is 3.37. The number of halogens is 1. The van der Waals surface area contributed by atoms with Crippen molar-refractivity contribution in [2.45, 2.75) is 12.8 Å². The molecule has 19 heavy (non-hydrogen) atoms. The standard InChI is InChI=1S/C13H10ClN3O2/c1-7-6-15-17-11(7)16-12(18)10(13(17)19)8-2-4-9(14)5-3-8/h2-6,10H,1H3,(H,16,18). The van der Waals surface area contributed by atoms with Gasteiger partial charge in [-0.3, -0.25) is 9.59 Å². The van der Waals surface area contributed by atoms with Crippen molar-refractivity contribution >= 4 is 29.2 Å². The topological polar surface area (TPSA) is 64.0 Å². The van der Waals surface area contributed by atoms with E-state index in [2.05, 4.69) is 10.4 Å². The quantitative estimate of drug-likeness (QED) is 0.812. The summed E-state index contributed by atoms with van der Waals surface area (Å²) in [6.45, 7) is 1.79. The highest BCUT2D eigenvalue weighted by Crippen LogP contribution is 2.28. The number of nitrogens with one attached hydrogen (secondary N) is 1. The van der Waals surface area contributed by atoms with E-state index in [1.807, 2.05) is 0 Å². The van der Waals surface area contributed by atoms with E-state index in [-0.39, 0.29) is 11.8 Å². The van der Waals surface area contributed by atoms with Crippen LogP contribution in [0.5, 0.6) is 0 Å². The summed E-state index contributed by atoms with van der Waals surface area (Å²) in [5.41, 5.74) is 1.36. The number of anilines is 1. The fourth-order valence-corrected chi connectivity index (χ4v) is 2.25. The zero-order valence-corrected chi connectivity index (χ0v) is 10.8. The van der Waals surface area contributed by atoms with E-state index in [4.69, 9.17) is 11.6 Å². The minimum absolute atomic E-state index is 0.344. The lowest BCUT2D eigenvalue weighted by Crippen LogP contribution is -2.38. The molecule has 1 aromatic heterocycles. The third kappa shape index (κ3) is 1.82. The molecule has 1 atom stereocenters. The SMILES string of the molecule is Cc1cnn2c1NC(=O)C(c1ccc(Cl)cc1)C2=O. The zero-order valence-electron chi connectivity index (χ0n) is 10.1. The van der Waals surface area contributed by atoms with Crippen molar-refractivity contribution in [1.82, 2.24) is 9.78 Å². The summed E-state index contributed by atoms with van der Waals surface area (Å²) in [5, 5.41) is 7.26. The summed E-state index contributed by atoms with van der Waals surface area (Å²) in [6.07, 6.45) is 1.55. The molecule has 0 saturated carbocycles. The van der Waals surface area contributed by atoms with Gasteiger partial charge in [-0.15, -0.1) is 0 Å². The normalized spacial score (nSPS) is 18.1. The van der Waals surface area contributed by atoms with E-state index in [1.165, 1.54) is 4.68 Å². The smallest absolute Gasteiger partial charge is 0.265 e. The lowest BCUT2D eigenvalue weighted by molar-refractivity contribution is -0.117. The first-order valence-corrected chi connectivity index (χ1v) is 6.11. The molecule has 6 heteroatoms. The molecule has 0 fully saturated rings. The van der Waals surface area contributed by atoms with Crippen molar-refractivity contribution in [3.63, 3.8) is 0 Å². The molecule has 1 aliphatic heterocycles. The Morgan fingerprint density at radius 1 is 1.26 bits per heavy atom. The predicted octanol–water partition coefficient (Wildman–Crippen LogP) is 2.22. The van der Waals surface area contributed by atoms with Crippen molar-refractivity contribution in [3.8, 4) is 0 Å². The van der Waals surface area contributed by atoms with E-state index in [0.717, 1.165) is 5.56 Å². The molecular formula is C13H10ClN3O2. The average Bonchev–Trinajstić information content (AvgIpc) is 2.74. The molecule has 1 N–H and O–H groups in total. The molecule has 2 heterocycles. The monoisotopic (exact) mass is 275 g/mol. The number of benzene rings is 1. The van der Waals surface area contributed by atoms with Crippen molar-refractivity contribution in [2.75, 3.05) is 5.32 Å². The van der Waals surface area contributed by atoms with E-state index in [1.54, 1.807) is 37.4 Å². The number of aryl methyl sites for hydroxylation is 1. The Balaban J connectivity index is 2.06. The van der Waals surface area contributed by atoms with Gasteiger partial charge in [0.1, 0.15) is 11.7 Å². The van der Waals surface area contributed by atoms with Gasteiger partial charge in [0.2, 0.25) is 5.91 Å². The predicted molar refractivity (Wildman–Crippen MR) is 70.4 cm³/mol.